The molecular weight excluding hydrogens is 276 g/mol. The first-order valence-corrected chi connectivity index (χ1v) is 10.5. The van der Waals surface area contributed by atoms with E-state index in [1.807, 2.05) is 26.2 Å². The van der Waals surface area contributed by atoms with E-state index >= 15 is 0 Å². The summed E-state index contributed by atoms with van der Waals surface area (Å²) in [5, 5.41) is 9.91. The van der Waals surface area contributed by atoms with Crippen LogP contribution >= 0.6 is 0 Å². The van der Waals surface area contributed by atoms with Crippen molar-refractivity contribution in [1.29, 1.82) is 0 Å². The van der Waals surface area contributed by atoms with Crippen molar-refractivity contribution in [3.63, 3.8) is 0 Å². The highest BCUT2D eigenvalue weighted by Crippen LogP contribution is 2.42. The fraction of sp³-hybridized carbons (Fsp3) is 0.778. The lowest BCUT2D eigenvalue weighted by Gasteiger charge is -2.41. The number of aliphatic hydroxyl groups excluding tert-OH is 1. The number of aliphatic hydroxyl groups is 1. The first-order valence-electron chi connectivity index (χ1n) is 8.33. The monoisotopic (exact) mass is 312 g/mol. The molecule has 0 heterocycles. The van der Waals surface area contributed by atoms with Crippen LogP contribution < -0.4 is 0 Å². The van der Waals surface area contributed by atoms with E-state index in [1.165, 1.54) is 0 Å². The summed E-state index contributed by atoms with van der Waals surface area (Å²) in [4.78, 5) is 0. The molecule has 0 aliphatic rings. The first-order chi connectivity index (χ1) is 9.70. The number of allylic oxidation sites excluding steroid dienone is 2. The molecule has 1 atom stereocenters. The predicted molar refractivity (Wildman–Crippen MR) is 95.9 cm³/mol. The Morgan fingerprint density at radius 2 is 1.52 bits per heavy atom. The highest BCUT2D eigenvalue weighted by Gasteiger charge is 2.46. The van der Waals surface area contributed by atoms with Crippen LogP contribution in [-0.2, 0) is 4.43 Å². The predicted octanol–water partition coefficient (Wildman–Crippen LogP) is 5.80. The molecule has 0 unspecified atom stereocenters. The van der Waals surface area contributed by atoms with Gasteiger partial charge in [-0.05, 0) is 48.9 Å². The first kappa shape index (κ1) is 20.5. The van der Waals surface area contributed by atoms with Crippen LogP contribution in [0.5, 0.6) is 0 Å². The molecule has 124 valence electrons. The van der Waals surface area contributed by atoms with Gasteiger partial charge in [0.15, 0.2) is 0 Å². The Morgan fingerprint density at radius 1 is 1.05 bits per heavy atom. The number of rotatable bonds is 9. The zero-order valence-corrected chi connectivity index (χ0v) is 16.3. The summed E-state index contributed by atoms with van der Waals surface area (Å²) in [6.07, 6.45) is 7.23. The lowest BCUT2D eigenvalue weighted by Crippen LogP contribution is -2.46. The molecule has 0 aromatic heterocycles. The number of hydrogen-bond donors (Lipinski definition) is 1. The van der Waals surface area contributed by atoms with Gasteiger partial charge in [0, 0.05) is 0 Å². The summed E-state index contributed by atoms with van der Waals surface area (Å²) >= 11 is 0. The molecule has 0 saturated carbocycles. The van der Waals surface area contributed by atoms with Gasteiger partial charge in [0.05, 0.1) is 12.4 Å². The molecule has 0 amide bonds. The van der Waals surface area contributed by atoms with Crippen LogP contribution in [0.15, 0.2) is 24.0 Å². The quantitative estimate of drug-likeness (QED) is 0.331. The van der Waals surface area contributed by atoms with Crippen molar-refractivity contribution in [2.45, 2.75) is 91.0 Å². The molecular formula is C18H36O2Si. The molecule has 0 radical (unpaired) electrons. The zero-order valence-electron chi connectivity index (χ0n) is 15.3. The Hall–Kier alpha value is -0.543. The van der Waals surface area contributed by atoms with Crippen molar-refractivity contribution < 1.29 is 9.53 Å². The van der Waals surface area contributed by atoms with Crippen molar-refractivity contribution in [2.75, 3.05) is 0 Å². The summed E-state index contributed by atoms with van der Waals surface area (Å²) in [6.45, 7) is 17.7. The van der Waals surface area contributed by atoms with Crippen LogP contribution in [0.25, 0.3) is 0 Å². The molecule has 21 heavy (non-hydrogen) atoms. The van der Waals surface area contributed by atoms with Crippen LogP contribution in [0.4, 0.5) is 0 Å². The van der Waals surface area contributed by atoms with Gasteiger partial charge in [-0.2, -0.15) is 0 Å². The Kier molecular flexibility index (Phi) is 9.22. The third-order valence-corrected chi connectivity index (χ3v) is 10.6. The maximum absolute atomic E-state index is 9.91. The third-order valence-electron chi connectivity index (χ3n) is 4.66. The second-order valence-electron chi connectivity index (χ2n) is 6.93. The molecule has 0 aliphatic carbocycles. The normalized spacial score (nSPS) is 15.5. The van der Waals surface area contributed by atoms with Gasteiger partial charge < -0.3 is 9.53 Å². The smallest absolute Gasteiger partial charge is 0.257 e. The Bertz CT molecular complexity index is 321. The molecule has 0 aromatic carbocycles. The minimum Gasteiger partial charge on any atom is -0.548 e. The van der Waals surface area contributed by atoms with E-state index in [0.717, 1.165) is 18.4 Å². The van der Waals surface area contributed by atoms with Crippen molar-refractivity contribution in [3.8, 4) is 0 Å². The van der Waals surface area contributed by atoms with E-state index < -0.39 is 8.32 Å². The van der Waals surface area contributed by atoms with Crippen molar-refractivity contribution in [2.24, 2.45) is 0 Å². The van der Waals surface area contributed by atoms with Crippen LogP contribution in [0.2, 0.25) is 16.6 Å². The molecule has 0 fully saturated rings. The Morgan fingerprint density at radius 3 is 1.90 bits per heavy atom. The summed E-state index contributed by atoms with van der Waals surface area (Å²) in [7, 11) is -1.79. The number of hydrogen-bond acceptors (Lipinski definition) is 2. The Labute approximate surface area is 133 Å². The lowest BCUT2D eigenvalue weighted by atomic mass is 10.1. The van der Waals surface area contributed by atoms with E-state index in [9.17, 15) is 5.11 Å². The van der Waals surface area contributed by atoms with E-state index in [4.69, 9.17) is 4.43 Å². The minimum atomic E-state index is -1.79. The topological polar surface area (TPSA) is 29.5 Å². The summed E-state index contributed by atoms with van der Waals surface area (Å²) in [6, 6.07) is 0. The summed E-state index contributed by atoms with van der Waals surface area (Å²) in [5.74, 6) is 0. The van der Waals surface area contributed by atoms with Crippen molar-refractivity contribution >= 4 is 8.32 Å². The van der Waals surface area contributed by atoms with Gasteiger partial charge in [-0.3, -0.25) is 0 Å². The maximum Gasteiger partial charge on any atom is 0.257 e. The van der Waals surface area contributed by atoms with Gasteiger partial charge in [0.1, 0.15) is 0 Å². The second-order valence-corrected chi connectivity index (χ2v) is 12.3. The van der Waals surface area contributed by atoms with E-state index in [1.54, 1.807) is 0 Å². The van der Waals surface area contributed by atoms with E-state index in [-0.39, 0.29) is 6.10 Å². The third kappa shape index (κ3) is 5.63. The summed E-state index contributed by atoms with van der Waals surface area (Å²) in [5.41, 5.74) is 2.83. The molecule has 1 N–H and O–H groups in total. The highest BCUT2D eigenvalue weighted by molar-refractivity contribution is 6.77. The van der Waals surface area contributed by atoms with Crippen LogP contribution in [0.3, 0.4) is 0 Å². The average Bonchev–Trinajstić information content (AvgIpc) is 2.40. The van der Waals surface area contributed by atoms with Crippen molar-refractivity contribution in [3.05, 3.63) is 24.0 Å². The zero-order chi connectivity index (χ0) is 16.6. The average molecular weight is 313 g/mol. The molecule has 0 spiro atoms. The lowest BCUT2D eigenvalue weighted by molar-refractivity contribution is 0.201. The molecule has 2 nitrogen and oxygen atoms in total. The van der Waals surface area contributed by atoms with Gasteiger partial charge in [0.2, 0.25) is 0 Å². The fourth-order valence-electron chi connectivity index (χ4n) is 3.32. The standard InChI is InChI=1S/C18H36O2Si/c1-9-17(8)18(19)12-10-11-13-20-21(14(2)3,15(4)5)16(6)7/h9,11,13-16,18-19H,10,12H2,1-8H3/b13-11+,17-9+/t18-/m0/s1. The SMILES string of the molecule is C/C=C(\C)[C@@H](O)CC/C=C/O[Si](C(C)C)(C(C)C)C(C)C. The van der Waals surface area contributed by atoms with Crippen LogP contribution in [0.1, 0.15) is 68.2 Å². The van der Waals surface area contributed by atoms with E-state index in [0.29, 0.717) is 16.6 Å². The van der Waals surface area contributed by atoms with Gasteiger partial charge in [-0.25, -0.2) is 0 Å². The molecule has 0 aliphatic heterocycles. The second kappa shape index (κ2) is 9.47. The summed E-state index contributed by atoms with van der Waals surface area (Å²) < 4.78 is 6.34. The largest absolute Gasteiger partial charge is 0.548 e. The highest BCUT2D eigenvalue weighted by atomic mass is 28.4. The minimum absolute atomic E-state index is 0.332. The Balaban J connectivity index is 4.61. The van der Waals surface area contributed by atoms with E-state index in [2.05, 4.69) is 47.6 Å². The van der Waals surface area contributed by atoms with Crippen LogP contribution in [0, 0.1) is 0 Å². The van der Waals surface area contributed by atoms with Gasteiger partial charge in [0.25, 0.3) is 8.32 Å². The molecule has 3 heteroatoms. The van der Waals surface area contributed by atoms with Gasteiger partial charge in [-0.1, -0.05) is 53.7 Å². The maximum atomic E-state index is 9.91. The van der Waals surface area contributed by atoms with Crippen LogP contribution in [-0.4, -0.2) is 19.5 Å². The molecule has 0 aromatic rings. The molecule has 0 bridgehead atoms. The molecule has 0 rings (SSSR count). The van der Waals surface area contributed by atoms with Gasteiger partial charge >= 0.3 is 0 Å². The van der Waals surface area contributed by atoms with Gasteiger partial charge in [-0.15, -0.1) is 0 Å². The fourth-order valence-corrected chi connectivity index (χ4v) is 8.46. The van der Waals surface area contributed by atoms with Crippen molar-refractivity contribution in [1.82, 2.24) is 0 Å². The molecule has 0 saturated heterocycles.